The van der Waals surface area contributed by atoms with Crippen LogP contribution in [0, 0.1) is 17.0 Å². The lowest BCUT2D eigenvalue weighted by atomic mass is 10.2. The van der Waals surface area contributed by atoms with Crippen LogP contribution in [-0.2, 0) is 9.53 Å². The number of rotatable bonds is 5. The van der Waals surface area contributed by atoms with Crippen molar-refractivity contribution in [1.29, 1.82) is 0 Å². The highest BCUT2D eigenvalue weighted by Crippen LogP contribution is 2.18. The average Bonchev–Trinajstić information content (AvgIpc) is 2.94. The minimum Gasteiger partial charge on any atom is -0.448 e. The van der Waals surface area contributed by atoms with E-state index < -0.39 is 22.9 Å². The lowest BCUT2D eigenvalue weighted by Gasteiger charge is -2.12. The molecule has 120 valence electrons. The van der Waals surface area contributed by atoms with E-state index in [4.69, 9.17) is 4.74 Å². The van der Waals surface area contributed by atoms with Gasteiger partial charge in [0.1, 0.15) is 4.88 Å². The van der Waals surface area contributed by atoms with Crippen molar-refractivity contribution < 1.29 is 19.2 Å². The number of ether oxygens (including phenoxy) is 1. The molecule has 1 amide bonds. The molecular formula is C15H14N2O5S. The third-order valence-corrected chi connectivity index (χ3v) is 3.92. The number of thiophene rings is 1. The van der Waals surface area contributed by atoms with Crippen LogP contribution in [0.3, 0.4) is 0 Å². The van der Waals surface area contributed by atoms with Crippen molar-refractivity contribution >= 4 is 34.6 Å². The Balaban J connectivity index is 1.94. The molecule has 1 aromatic carbocycles. The molecule has 0 aliphatic rings. The van der Waals surface area contributed by atoms with Crippen LogP contribution >= 0.6 is 11.3 Å². The molecule has 1 N–H and O–H groups in total. The van der Waals surface area contributed by atoms with Gasteiger partial charge in [0.2, 0.25) is 0 Å². The van der Waals surface area contributed by atoms with E-state index in [-0.39, 0.29) is 5.69 Å². The summed E-state index contributed by atoms with van der Waals surface area (Å²) in [6.45, 7) is 3.32. The Kier molecular flexibility index (Phi) is 5.07. The molecule has 0 saturated heterocycles. The summed E-state index contributed by atoms with van der Waals surface area (Å²) < 4.78 is 5.10. The number of carbonyl (C=O) groups excluding carboxylic acids is 2. The summed E-state index contributed by atoms with van der Waals surface area (Å²) in [5.41, 5.74) is 0.311. The number of esters is 1. The fraction of sp³-hybridized carbons (Fsp3) is 0.200. The number of hydrogen-bond acceptors (Lipinski definition) is 6. The topological polar surface area (TPSA) is 98.5 Å². The third kappa shape index (κ3) is 4.36. The molecule has 0 bridgehead atoms. The summed E-state index contributed by atoms with van der Waals surface area (Å²) in [6.07, 6.45) is -0.986. The van der Waals surface area contributed by atoms with Gasteiger partial charge in [-0.3, -0.25) is 14.9 Å². The number of amides is 1. The zero-order valence-corrected chi connectivity index (χ0v) is 13.3. The highest BCUT2D eigenvalue weighted by Gasteiger charge is 2.20. The third-order valence-electron chi connectivity index (χ3n) is 2.94. The number of hydrogen-bond donors (Lipinski definition) is 1. The van der Waals surface area contributed by atoms with E-state index in [2.05, 4.69) is 5.32 Å². The normalized spacial score (nSPS) is 11.6. The van der Waals surface area contributed by atoms with Crippen LogP contribution in [0.1, 0.15) is 21.5 Å². The fourth-order valence-corrected chi connectivity index (χ4v) is 2.48. The maximum atomic E-state index is 12.0. The lowest BCUT2D eigenvalue weighted by Crippen LogP contribution is -2.29. The molecule has 0 aliphatic heterocycles. The SMILES string of the molecule is Cc1ccc(C(=O)OC(C)C(=O)Nc2ccc([N+](=O)[O-])cc2)s1. The van der Waals surface area contributed by atoms with Crippen molar-refractivity contribution in [3.63, 3.8) is 0 Å². The summed E-state index contributed by atoms with van der Waals surface area (Å²) in [4.78, 5) is 35.3. The van der Waals surface area contributed by atoms with E-state index >= 15 is 0 Å². The van der Waals surface area contributed by atoms with Crippen LogP contribution in [0.2, 0.25) is 0 Å². The molecular weight excluding hydrogens is 320 g/mol. The molecule has 8 heteroatoms. The molecule has 0 saturated carbocycles. The van der Waals surface area contributed by atoms with Crippen molar-refractivity contribution in [3.8, 4) is 0 Å². The number of benzene rings is 1. The first-order valence-electron chi connectivity index (χ1n) is 6.69. The first-order chi connectivity index (χ1) is 10.9. The smallest absolute Gasteiger partial charge is 0.349 e. The highest BCUT2D eigenvalue weighted by molar-refractivity contribution is 7.13. The Bertz CT molecular complexity index is 739. The largest absolute Gasteiger partial charge is 0.448 e. The second-order valence-corrected chi connectivity index (χ2v) is 6.04. The summed E-state index contributed by atoms with van der Waals surface area (Å²) in [7, 11) is 0. The molecule has 1 aromatic heterocycles. The predicted octanol–water partition coefficient (Wildman–Crippen LogP) is 3.15. The van der Waals surface area contributed by atoms with Crippen molar-refractivity contribution in [2.75, 3.05) is 5.32 Å². The van der Waals surface area contributed by atoms with Crippen LogP contribution in [0.15, 0.2) is 36.4 Å². The standard InChI is InChI=1S/C15H14N2O5S/c1-9-3-8-13(23-9)15(19)22-10(2)14(18)16-11-4-6-12(7-5-11)17(20)21/h3-8,10H,1-2H3,(H,16,18). The van der Waals surface area contributed by atoms with E-state index in [1.54, 1.807) is 12.1 Å². The summed E-state index contributed by atoms with van der Waals surface area (Å²) in [5, 5.41) is 13.1. The molecule has 2 rings (SSSR count). The second kappa shape index (κ2) is 7.01. The van der Waals surface area contributed by atoms with E-state index in [1.807, 2.05) is 6.92 Å². The molecule has 0 spiro atoms. The first-order valence-corrected chi connectivity index (χ1v) is 7.51. The maximum Gasteiger partial charge on any atom is 0.349 e. The number of non-ortho nitro benzene ring substituents is 1. The molecule has 0 radical (unpaired) electrons. The van der Waals surface area contributed by atoms with Crippen molar-refractivity contribution in [2.24, 2.45) is 0 Å². The van der Waals surface area contributed by atoms with Gasteiger partial charge in [0, 0.05) is 22.7 Å². The number of nitro benzene ring substituents is 1. The Labute approximate surface area is 136 Å². The highest BCUT2D eigenvalue weighted by atomic mass is 32.1. The van der Waals surface area contributed by atoms with Crippen molar-refractivity contribution in [3.05, 3.63) is 56.3 Å². The van der Waals surface area contributed by atoms with E-state index in [0.29, 0.717) is 10.6 Å². The number of nitrogens with one attached hydrogen (secondary N) is 1. The molecule has 0 aliphatic carbocycles. The van der Waals surface area contributed by atoms with E-state index in [9.17, 15) is 19.7 Å². The van der Waals surface area contributed by atoms with Gasteiger partial charge in [-0.1, -0.05) is 0 Å². The summed E-state index contributed by atoms with van der Waals surface area (Å²) in [6, 6.07) is 8.81. The molecule has 1 unspecified atom stereocenters. The van der Waals surface area contributed by atoms with Crippen molar-refractivity contribution in [2.45, 2.75) is 20.0 Å². The number of aryl methyl sites for hydroxylation is 1. The zero-order chi connectivity index (χ0) is 17.0. The minimum absolute atomic E-state index is 0.0736. The monoisotopic (exact) mass is 334 g/mol. The van der Waals surface area contributed by atoms with Crippen LogP contribution in [0.25, 0.3) is 0 Å². The first kappa shape index (κ1) is 16.6. The van der Waals surface area contributed by atoms with E-state index in [1.165, 1.54) is 42.5 Å². The van der Waals surface area contributed by atoms with Gasteiger partial charge < -0.3 is 10.1 Å². The Morgan fingerprint density at radius 2 is 1.87 bits per heavy atom. The van der Waals surface area contributed by atoms with Gasteiger partial charge in [0.15, 0.2) is 6.10 Å². The van der Waals surface area contributed by atoms with Gasteiger partial charge in [-0.15, -0.1) is 11.3 Å². The quantitative estimate of drug-likeness (QED) is 0.514. The molecule has 23 heavy (non-hydrogen) atoms. The molecule has 7 nitrogen and oxygen atoms in total. The predicted molar refractivity (Wildman–Crippen MR) is 85.7 cm³/mol. The number of nitro groups is 1. The number of carbonyl (C=O) groups is 2. The fourth-order valence-electron chi connectivity index (χ4n) is 1.73. The van der Waals surface area contributed by atoms with Crippen LogP contribution in [0.4, 0.5) is 11.4 Å². The van der Waals surface area contributed by atoms with Crippen LogP contribution in [-0.4, -0.2) is 22.9 Å². The molecule has 1 atom stereocenters. The zero-order valence-electron chi connectivity index (χ0n) is 12.4. The van der Waals surface area contributed by atoms with Crippen LogP contribution < -0.4 is 5.32 Å². The second-order valence-electron chi connectivity index (χ2n) is 4.75. The molecule has 0 fully saturated rings. The number of nitrogens with zero attached hydrogens (tertiary/aromatic N) is 1. The van der Waals surface area contributed by atoms with Gasteiger partial charge in [-0.25, -0.2) is 4.79 Å². The van der Waals surface area contributed by atoms with Gasteiger partial charge >= 0.3 is 5.97 Å². The van der Waals surface area contributed by atoms with Gasteiger partial charge in [0.05, 0.1) is 4.92 Å². The van der Waals surface area contributed by atoms with Crippen molar-refractivity contribution in [1.82, 2.24) is 0 Å². The van der Waals surface area contributed by atoms with Gasteiger partial charge in [-0.05, 0) is 38.1 Å². The van der Waals surface area contributed by atoms with Crippen LogP contribution in [0.5, 0.6) is 0 Å². The van der Waals surface area contributed by atoms with Gasteiger partial charge in [-0.2, -0.15) is 0 Å². The lowest BCUT2D eigenvalue weighted by molar-refractivity contribution is -0.384. The Morgan fingerprint density at radius 3 is 2.39 bits per heavy atom. The Morgan fingerprint density at radius 1 is 1.22 bits per heavy atom. The summed E-state index contributed by atoms with van der Waals surface area (Å²) in [5.74, 6) is -1.07. The molecule has 1 heterocycles. The van der Waals surface area contributed by atoms with Gasteiger partial charge in [0.25, 0.3) is 11.6 Å². The summed E-state index contributed by atoms with van der Waals surface area (Å²) >= 11 is 1.29. The average molecular weight is 334 g/mol. The maximum absolute atomic E-state index is 12.0. The van der Waals surface area contributed by atoms with E-state index in [0.717, 1.165) is 4.88 Å². The number of anilines is 1. The molecule has 2 aromatic rings. The minimum atomic E-state index is -0.986. The Hall–Kier alpha value is -2.74.